The van der Waals surface area contributed by atoms with Gasteiger partial charge in [-0.25, -0.2) is 12.8 Å². The number of nitrogens with zero attached hydrogens (tertiary/aromatic N) is 1. The van der Waals surface area contributed by atoms with E-state index in [4.69, 9.17) is 16.3 Å². The van der Waals surface area contributed by atoms with Crippen LogP contribution in [0.2, 0.25) is 5.02 Å². The van der Waals surface area contributed by atoms with E-state index in [9.17, 15) is 17.9 Å². The number of methoxy groups -OCH3 is 1. The minimum absolute atomic E-state index is 0.0767. The average molecular weight is 414 g/mol. The predicted molar refractivity (Wildman–Crippen MR) is 101 cm³/mol. The monoisotopic (exact) mass is 413 g/mol. The van der Waals surface area contributed by atoms with Crippen molar-refractivity contribution in [1.29, 1.82) is 0 Å². The predicted octanol–water partition coefficient (Wildman–Crippen LogP) is 3.25. The van der Waals surface area contributed by atoms with Crippen molar-refractivity contribution in [3.63, 3.8) is 0 Å². The third kappa shape index (κ3) is 4.27. The standard InChI is InChI=1S/C19H21ClFNO4S/c1-26-18-7-6-15(12-16(18)20)27(24,25)22-10-8-19(23,9-11-22)13-14-4-2-3-5-17(14)21/h2-7,12,23H,8-11,13H2,1H3. The van der Waals surface area contributed by atoms with Crippen LogP contribution in [0.5, 0.6) is 5.75 Å². The molecule has 1 saturated heterocycles. The number of ether oxygens (including phenoxy) is 1. The van der Waals surface area contributed by atoms with Crippen molar-refractivity contribution in [1.82, 2.24) is 4.31 Å². The van der Waals surface area contributed by atoms with Crippen LogP contribution >= 0.6 is 11.6 Å². The van der Waals surface area contributed by atoms with Crippen LogP contribution in [0.3, 0.4) is 0 Å². The van der Waals surface area contributed by atoms with Crippen LogP contribution in [-0.4, -0.2) is 43.6 Å². The molecular formula is C19H21ClFNO4S. The molecule has 1 aliphatic heterocycles. The lowest BCUT2D eigenvalue weighted by Gasteiger charge is -2.37. The first-order chi connectivity index (χ1) is 12.7. The molecule has 0 radical (unpaired) electrons. The first-order valence-corrected chi connectivity index (χ1v) is 10.4. The van der Waals surface area contributed by atoms with E-state index in [1.54, 1.807) is 18.2 Å². The molecule has 0 spiro atoms. The minimum Gasteiger partial charge on any atom is -0.495 e. The third-order valence-electron chi connectivity index (χ3n) is 4.89. The molecule has 5 nitrogen and oxygen atoms in total. The van der Waals surface area contributed by atoms with Gasteiger partial charge in [-0.2, -0.15) is 4.31 Å². The highest BCUT2D eigenvalue weighted by atomic mass is 35.5. The van der Waals surface area contributed by atoms with Gasteiger partial charge in [0, 0.05) is 19.5 Å². The second kappa shape index (κ2) is 7.75. The fraction of sp³-hybridized carbons (Fsp3) is 0.368. The molecule has 2 aromatic carbocycles. The maximum absolute atomic E-state index is 13.9. The quantitative estimate of drug-likeness (QED) is 0.817. The van der Waals surface area contributed by atoms with Crippen molar-refractivity contribution >= 4 is 21.6 Å². The van der Waals surface area contributed by atoms with E-state index in [1.807, 2.05) is 0 Å². The lowest BCUT2D eigenvalue weighted by Crippen LogP contribution is -2.47. The first-order valence-electron chi connectivity index (χ1n) is 8.55. The van der Waals surface area contributed by atoms with Gasteiger partial charge in [-0.15, -0.1) is 0 Å². The van der Waals surface area contributed by atoms with E-state index in [1.165, 1.54) is 35.7 Å². The number of rotatable bonds is 5. The van der Waals surface area contributed by atoms with Crippen molar-refractivity contribution in [2.24, 2.45) is 0 Å². The van der Waals surface area contributed by atoms with Crippen molar-refractivity contribution in [3.8, 4) is 5.75 Å². The molecule has 3 rings (SSSR count). The number of benzene rings is 2. The van der Waals surface area contributed by atoms with Crippen molar-refractivity contribution in [3.05, 3.63) is 58.9 Å². The molecule has 1 heterocycles. The maximum atomic E-state index is 13.9. The summed E-state index contributed by atoms with van der Waals surface area (Å²) in [5, 5.41) is 11.0. The maximum Gasteiger partial charge on any atom is 0.243 e. The van der Waals surface area contributed by atoms with Gasteiger partial charge in [-0.1, -0.05) is 29.8 Å². The molecule has 0 unspecified atom stereocenters. The van der Waals surface area contributed by atoms with E-state index in [0.29, 0.717) is 11.3 Å². The molecule has 0 saturated carbocycles. The van der Waals surface area contributed by atoms with Crippen molar-refractivity contribution in [2.45, 2.75) is 29.8 Å². The Morgan fingerprint density at radius 1 is 1.22 bits per heavy atom. The molecule has 0 atom stereocenters. The number of halogens is 2. The summed E-state index contributed by atoms with van der Waals surface area (Å²) in [4.78, 5) is 0.0767. The molecule has 1 aliphatic rings. The molecule has 27 heavy (non-hydrogen) atoms. The minimum atomic E-state index is -3.73. The zero-order valence-corrected chi connectivity index (χ0v) is 16.4. The lowest BCUT2D eigenvalue weighted by molar-refractivity contribution is -0.00505. The van der Waals surface area contributed by atoms with Crippen molar-refractivity contribution in [2.75, 3.05) is 20.2 Å². The van der Waals surface area contributed by atoms with Crippen LogP contribution in [0.4, 0.5) is 4.39 Å². The Hall–Kier alpha value is -1.67. The van der Waals surface area contributed by atoms with Gasteiger partial charge in [0.25, 0.3) is 0 Å². The summed E-state index contributed by atoms with van der Waals surface area (Å²) < 4.78 is 45.9. The number of hydrogen-bond acceptors (Lipinski definition) is 4. The Labute approximate surface area is 163 Å². The van der Waals surface area contributed by atoms with Crippen molar-refractivity contribution < 1.29 is 22.7 Å². The Bertz CT molecular complexity index is 927. The van der Waals surface area contributed by atoms with Gasteiger partial charge in [-0.3, -0.25) is 0 Å². The van der Waals surface area contributed by atoms with E-state index in [-0.39, 0.29) is 48.1 Å². The molecule has 1 N–H and O–H groups in total. The van der Waals surface area contributed by atoms with E-state index in [0.717, 1.165) is 0 Å². The van der Waals surface area contributed by atoms with Crippen LogP contribution in [0.1, 0.15) is 18.4 Å². The lowest BCUT2D eigenvalue weighted by atomic mass is 9.86. The molecular weight excluding hydrogens is 393 g/mol. The van der Waals surface area contributed by atoms with E-state index < -0.39 is 15.6 Å². The van der Waals surface area contributed by atoms with Gasteiger partial charge in [0.1, 0.15) is 11.6 Å². The van der Waals surface area contributed by atoms with Crippen LogP contribution in [0.15, 0.2) is 47.4 Å². The highest BCUT2D eigenvalue weighted by molar-refractivity contribution is 7.89. The smallest absolute Gasteiger partial charge is 0.243 e. The summed E-state index contributed by atoms with van der Waals surface area (Å²) in [6.45, 7) is 0.299. The number of hydrogen-bond donors (Lipinski definition) is 1. The van der Waals surface area contributed by atoms with Gasteiger partial charge in [0.15, 0.2) is 0 Å². The summed E-state index contributed by atoms with van der Waals surface area (Å²) >= 11 is 6.04. The van der Waals surface area contributed by atoms with Crippen LogP contribution in [0.25, 0.3) is 0 Å². The molecule has 0 aromatic heterocycles. The Morgan fingerprint density at radius 2 is 1.89 bits per heavy atom. The summed E-state index contributed by atoms with van der Waals surface area (Å²) in [5.74, 6) is 0.0300. The highest BCUT2D eigenvalue weighted by Crippen LogP contribution is 2.32. The van der Waals surface area contributed by atoms with Gasteiger partial charge in [-0.05, 0) is 42.7 Å². The van der Waals surface area contributed by atoms with Gasteiger partial charge >= 0.3 is 0 Å². The number of aliphatic hydroxyl groups is 1. The molecule has 2 aromatic rings. The second-order valence-electron chi connectivity index (χ2n) is 6.69. The summed E-state index contributed by atoms with van der Waals surface area (Å²) in [6, 6.07) is 10.6. The normalized spacial score (nSPS) is 17.6. The molecule has 0 amide bonds. The Balaban J connectivity index is 1.72. The summed E-state index contributed by atoms with van der Waals surface area (Å²) in [5.41, 5.74) is -0.704. The largest absolute Gasteiger partial charge is 0.495 e. The van der Waals surface area contributed by atoms with Crippen LogP contribution < -0.4 is 4.74 Å². The summed E-state index contributed by atoms with van der Waals surface area (Å²) in [6.07, 6.45) is 0.608. The van der Waals surface area contributed by atoms with E-state index >= 15 is 0 Å². The van der Waals surface area contributed by atoms with Gasteiger partial charge < -0.3 is 9.84 Å². The number of piperidine rings is 1. The zero-order chi connectivity index (χ0) is 19.7. The molecule has 8 heteroatoms. The SMILES string of the molecule is COc1ccc(S(=O)(=O)N2CCC(O)(Cc3ccccc3F)CC2)cc1Cl. The third-order valence-corrected chi connectivity index (χ3v) is 7.08. The van der Waals surface area contributed by atoms with E-state index in [2.05, 4.69) is 0 Å². The fourth-order valence-electron chi connectivity index (χ4n) is 3.27. The van der Waals surface area contributed by atoms with Crippen LogP contribution in [-0.2, 0) is 16.4 Å². The molecule has 0 aliphatic carbocycles. The first kappa shape index (κ1) is 20.1. The fourth-order valence-corrected chi connectivity index (χ4v) is 5.06. The van der Waals surface area contributed by atoms with Crippen LogP contribution in [0, 0.1) is 5.82 Å². The zero-order valence-electron chi connectivity index (χ0n) is 14.9. The topological polar surface area (TPSA) is 66.8 Å². The highest BCUT2D eigenvalue weighted by Gasteiger charge is 2.37. The second-order valence-corrected chi connectivity index (χ2v) is 9.04. The van der Waals surface area contributed by atoms with Gasteiger partial charge in [0.2, 0.25) is 10.0 Å². The Kier molecular flexibility index (Phi) is 5.76. The Morgan fingerprint density at radius 3 is 2.48 bits per heavy atom. The van der Waals surface area contributed by atoms with Gasteiger partial charge in [0.05, 0.1) is 22.6 Å². The molecule has 0 bridgehead atoms. The molecule has 146 valence electrons. The molecule has 1 fully saturated rings. The summed E-state index contributed by atoms with van der Waals surface area (Å²) in [7, 11) is -2.28. The average Bonchev–Trinajstić information content (AvgIpc) is 2.64. The number of sulfonamides is 1.